The smallest absolute Gasteiger partial charge is 0.227 e. The summed E-state index contributed by atoms with van der Waals surface area (Å²) in [7, 11) is 4.21. The van der Waals surface area contributed by atoms with Crippen LogP contribution in [0.5, 0.6) is 0 Å². The Hall–Kier alpha value is -3.08. The average Bonchev–Trinajstić information content (AvgIpc) is 3.15. The Balaban J connectivity index is 1.45. The highest BCUT2D eigenvalue weighted by Gasteiger charge is 2.25. The van der Waals surface area contributed by atoms with Gasteiger partial charge in [0.15, 0.2) is 5.65 Å². The summed E-state index contributed by atoms with van der Waals surface area (Å²) >= 11 is 1.51. The zero-order chi connectivity index (χ0) is 25.5. The van der Waals surface area contributed by atoms with Crippen molar-refractivity contribution in [3.05, 3.63) is 40.7 Å². The molecule has 5 heterocycles. The molecule has 4 aromatic rings. The summed E-state index contributed by atoms with van der Waals surface area (Å²) in [6.45, 7) is 4.71. The van der Waals surface area contributed by atoms with Gasteiger partial charge in [-0.05, 0) is 58.6 Å². The number of fused-ring (bicyclic) bond motifs is 5. The predicted molar refractivity (Wildman–Crippen MR) is 150 cm³/mol. The SMILES string of the molecule is CN1CCCN(c2ncc3c(=O)c(NC(=O)CC4CCCCN4C)c4sc5ccccc5n4c3n2)CC1. The van der Waals surface area contributed by atoms with Gasteiger partial charge in [0.2, 0.25) is 17.3 Å². The van der Waals surface area contributed by atoms with Crippen molar-refractivity contribution < 1.29 is 4.79 Å². The van der Waals surface area contributed by atoms with Crippen LogP contribution in [0.3, 0.4) is 0 Å². The van der Waals surface area contributed by atoms with Crippen molar-refractivity contribution >= 4 is 55.0 Å². The summed E-state index contributed by atoms with van der Waals surface area (Å²) in [5.74, 6) is 0.518. The molecule has 2 fully saturated rings. The summed E-state index contributed by atoms with van der Waals surface area (Å²) in [5, 5.41) is 3.42. The molecule has 0 spiro atoms. The number of benzene rings is 1. The van der Waals surface area contributed by atoms with Crippen molar-refractivity contribution in [3.63, 3.8) is 0 Å². The van der Waals surface area contributed by atoms with Crippen molar-refractivity contribution in [1.82, 2.24) is 24.2 Å². The fraction of sp³-hybridized carbons (Fsp3) is 0.481. The van der Waals surface area contributed by atoms with Crippen LogP contribution in [0, 0.1) is 0 Å². The predicted octanol–water partition coefficient (Wildman–Crippen LogP) is 3.41. The number of hydrogen-bond acceptors (Lipinski definition) is 8. The number of nitrogens with zero attached hydrogens (tertiary/aromatic N) is 6. The van der Waals surface area contributed by atoms with E-state index in [1.165, 1.54) is 17.8 Å². The summed E-state index contributed by atoms with van der Waals surface area (Å²) in [6, 6.07) is 8.26. The molecule has 1 unspecified atom stereocenters. The number of para-hydroxylation sites is 1. The average molecular weight is 520 g/mol. The van der Waals surface area contributed by atoms with Crippen molar-refractivity contribution in [3.8, 4) is 0 Å². The number of anilines is 2. The van der Waals surface area contributed by atoms with E-state index in [0.29, 0.717) is 33.9 Å². The minimum Gasteiger partial charge on any atom is -0.339 e. The van der Waals surface area contributed by atoms with E-state index in [-0.39, 0.29) is 17.4 Å². The van der Waals surface area contributed by atoms with Crippen LogP contribution < -0.4 is 15.6 Å². The van der Waals surface area contributed by atoms with E-state index in [9.17, 15) is 9.59 Å². The van der Waals surface area contributed by atoms with E-state index in [4.69, 9.17) is 4.98 Å². The first kappa shape index (κ1) is 24.3. The van der Waals surface area contributed by atoms with E-state index in [1.807, 2.05) is 28.7 Å². The lowest BCUT2D eigenvalue weighted by Gasteiger charge is -2.31. The van der Waals surface area contributed by atoms with Gasteiger partial charge in [0, 0.05) is 38.3 Å². The van der Waals surface area contributed by atoms with Gasteiger partial charge < -0.3 is 20.0 Å². The van der Waals surface area contributed by atoms with Gasteiger partial charge in [0.05, 0.1) is 15.6 Å². The molecule has 6 rings (SSSR count). The second-order valence-electron chi connectivity index (χ2n) is 10.3. The minimum atomic E-state index is -0.228. The summed E-state index contributed by atoms with van der Waals surface area (Å²) in [5.41, 5.74) is 1.65. The number of pyridine rings is 1. The third-order valence-electron chi connectivity index (χ3n) is 7.78. The van der Waals surface area contributed by atoms with Crippen molar-refractivity contribution in [2.45, 2.75) is 38.1 Å². The summed E-state index contributed by atoms with van der Waals surface area (Å²) < 4.78 is 3.06. The molecule has 0 saturated carbocycles. The minimum absolute atomic E-state index is 0.124. The van der Waals surface area contributed by atoms with Crippen LogP contribution in [0.4, 0.5) is 11.6 Å². The Labute approximate surface area is 219 Å². The molecule has 9 nitrogen and oxygen atoms in total. The fourth-order valence-corrected chi connectivity index (χ4v) is 6.74. The molecule has 1 amide bonds. The van der Waals surface area contributed by atoms with Crippen molar-refractivity contribution in [1.29, 1.82) is 0 Å². The van der Waals surface area contributed by atoms with E-state index in [0.717, 1.165) is 62.2 Å². The molecule has 0 aliphatic carbocycles. The number of likely N-dealkylation sites (N-methyl/N-ethyl adjacent to an activating group) is 1. The zero-order valence-corrected chi connectivity index (χ0v) is 22.3. The van der Waals surface area contributed by atoms with Crippen LogP contribution in [0.2, 0.25) is 0 Å². The number of likely N-dealkylation sites (tertiary alicyclic amines) is 1. The Bertz CT molecular complexity index is 1530. The molecule has 3 aromatic heterocycles. The number of piperidine rings is 1. The van der Waals surface area contributed by atoms with E-state index in [1.54, 1.807) is 6.20 Å². The van der Waals surface area contributed by atoms with Gasteiger partial charge in [-0.1, -0.05) is 18.6 Å². The van der Waals surface area contributed by atoms with Crippen LogP contribution >= 0.6 is 11.3 Å². The molecule has 2 saturated heterocycles. The van der Waals surface area contributed by atoms with Crippen molar-refractivity contribution in [2.75, 3.05) is 57.0 Å². The van der Waals surface area contributed by atoms with E-state index >= 15 is 0 Å². The van der Waals surface area contributed by atoms with Crippen LogP contribution in [0.15, 0.2) is 35.3 Å². The standard InChI is InChI=1S/C27H33N7O2S/c1-31-11-7-13-33(15-14-31)27-28-17-19-24(36)23(29-22(35)16-18-8-5-6-12-32(18)2)26-34(25(19)30-27)20-9-3-4-10-21(20)37-26/h3-4,9-10,17-18H,5-8,11-16H2,1-2H3,(H,29,35). The first-order valence-corrected chi connectivity index (χ1v) is 14.0. The topological polar surface area (TPSA) is 86.1 Å². The number of amides is 1. The van der Waals surface area contributed by atoms with Gasteiger partial charge in [0.1, 0.15) is 10.5 Å². The Kier molecular flexibility index (Phi) is 6.56. The van der Waals surface area contributed by atoms with Gasteiger partial charge in [0.25, 0.3) is 0 Å². The van der Waals surface area contributed by atoms with Crippen LogP contribution in [-0.4, -0.2) is 82.9 Å². The maximum atomic E-state index is 13.8. The Morgan fingerprint density at radius 3 is 2.81 bits per heavy atom. The number of nitrogens with one attached hydrogen (secondary N) is 1. The largest absolute Gasteiger partial charge is 0.339 e. The third-order valence-corrected chi connectivity index (χ3v) is 8.92. The van der Waals surface area contributed by atoms with Gasteiger partial charge in [-0.15, -0.1) is 11.3 Å². The maximum Gasteiger partial charge on any atom is 0.227 e. The number of carbonyl (C=O) groups excluding carboxylic acids is 1. The molecule has 194 valence electrons. The Morgan fingerprint density at radius 1 is 1.08 bits per heavy atom. The maximum absolute atomic E-state index is 13.8. The number of rotatable bonds is 4. The number of thiazole rings is 1. The normalized spacial score (nSPS) is 20.1. The van der Waals surface area contributed by atoms with Gasteiger partial charge in [-0.3, -0.25) is 14.0 Å². The monoisotopic (exact) mass is 519 g/mol. The van der Waals surface area contributed by atoms with Gasteiger partial charge in [-0.2, -0.15) is 4.98 Å². The molecular formula is C27H33N7O2S. The van der Waals surface area contributed by atoms with E-state index < -0.39 is 0 Å². The number of hydrogen-bond donors (Lipinski definition) is 1. The molecule has 0 radical (unpaired) electrons. The lowest BCUT2D eigenvalue weighted by molar-refractivity contribution is -0.117. The highest BCUT2D eigenvalue weighted by atomic mass is 32.1. The molecule has 10 heteroatoms. The first-order valence-electron chi connectivity index (χ1n) is 13.2. The second kappa shape index (κ2) is 10.00. The van der Waals surface area contributed by atoms with Crippen LogP contribution in [-0.2, 0) is 4.79 Å². The number of aromatic nitrogens is 3. The first-order chi connectivity index (χ1) is 18.0. The number of carbonyl (C=O) groups is 1. The van der Waals surface area contributed by atoms with E-state index in [2.05, 4.69) is 39.1 Å². The molecule has 1 aromatic carbocycles. The molecule has 37 heavy (non-hydrogen) atoms. The lowest BCUT2D eigenvalue weighted by Crippen LogP contribution is -2.39. The van der Waals surface area contributed by atoms with Crippen LogP contribution in [0.25, 0.3) is 26.1 Å². The molecular weight excluding hydrogens is 486 g/mol. The second-order valence-corrected chi connectivity index (χ2v) is 11.4. The molecule has 0 bridgehead atoms. The molecule has 2 aliphatic heterocycles. The molecule has 1 N–H and O–H groups in total. The highest BCUT2D eigenvalue weighted by Crippen LogP contribution is 2.33. The van der Waals surface area contributed by atoms with Crippen LogP contribution in [0.1, 0.15) is 32.1 Å². The zero-order valence-electron chi connectivity index (χ0n) is 21.4. The summed E-state index contributed by atoms with van der Waals surface area (Å²) in [6.07, 6.45) is 6.35. The van der Waals surface area contributed by atoms with Gasteiger partial charge >= 0.3 is 0 Å². The summed E-state index contributed by atoms with van der Waals surface area (Å²) in [4.78, 5) is 44.0. The quantitative estimate of drug-likeness (QED) is 0.442. The van der Waals surface area contributed by atoms with Crippen molar-refractivity contribution in [2.24, 2.45) is 0 Å². The fourth-order valence-electron chi connectivity index (χ4n) is 5.60. The van der Waals surface area contributed by atoms with Gasteiger partial charge in [-0.25, -0.2) is 4.98 Å². The lowest BCUT2D eigenvalue weighted by atomic mass is 10.00. The molecule has 1 atom stereocenters. The third kappa shape index (κ3) is 4.58. The molecule has 2 aliphatic rings. The Morgan fingerprint density at radius 2 is 1.95 bits per heavy atom. The highest BCUT2D eigenvalue weighted by molar-refractivity contribution is 7.24.